The number of hydrogen-bond donors (Lipinski definition) is 1. The second-order valence-corrected chi connectivity index (χ2v) is 8.02. The van der Waals surface area contributed by atoms with Crippen molar-refractivity contribution in [1.29, 1.82) is 0 Å². The smallest absolute Gasteiger partial charge is 0.123 e. The molecule has 2 aromatic carbocycles. The van der Waals surface area contributed by atoms with Gasteiger partial charge in [-0.25, -0.2) is 4.39 Å². The Morgan fingerprint density at radius 1 is 1.00 bits per heavy atom. The molecule has 0 unspecified atom stereocenters. The molecular weight excluding hydrogens is 391 g/mol. The number of nitrogens with zero attached hydrogens (tertiary/aromatic N) is 3. The SMILES string of the molecule is Fc1ccc(-n2c(C3CCOCC3)c(-c3ccncc3)c3cc4[nH]ncc4cc32)cc1. The fourth-order valence-corrected chi connectivity index (χ4v) is 4.79. The van der Waals surface area contributed by atoms with Gasteiger partial charge in [-0.3, -0.25) is 10.1 Å². The van der Waals surface area contributed by atoms with Crippen LogP contribution in [-0.2, 0) is 4.74 Å². The average Bonchev–Trinajstić information content (AvgIpc) is 3.41. The number of benzene rings is 2. The number of fused-ring (bicyclic) bond motifs is 2. The molecule has 0 bridgehead atoms. The molecule has 6 heteroatoms. The fraction of sp³-hybridized carbons (Fsp3) is 0.200. The third-order valence-electron chi connectivity index (χ3n) is 6.23. The van der Waals surface area contributed by atoms with Crippen molar-refractivity contribution in [2.24, 2.45) is 0 Å². The van der Waals surface area contributed by atoms with Gasteiger partial charge >= 0.3 is 0 Å². The van der Waals surface area contributed by atoms with Gasteiger partial charge in [-0.1, -0.05) is 0 Å². The van der Waals surface area contributed by atoms with Gasteiger partial charge in [0.15, 0.2) is 0 Å². The van der Waals surface area contributed by atoms with Crippen LogP contribution in [0.3, 0.4) is 0 Å². The molecule has 31 heavy (non-hydrogen) atoms. The second-order valence-electron chi connectivity index (χ2n) is 8.02. The van der Waals surface area contributed by atoms with Gasteiger partial charge in [-0.15, -0.1) is 0 Å². The van der Waals surface area contributed by atoms with Crippen LogP contribution in [0.5, 0.6) is 0 Å². The molecule has 1 aliphatic heterocycles. The molecule has 0 radical (unpaired) electrons. The number of hydrogen-bond acceptors (Lipinski definition) is 3. The number of nitrogens with one attached hydrogen (secondary N) is 1. The number of halogens is 1. The Balaban J connectivity index is 1.75. The van der Waals surface area contributed by atoms with Crippen molar-refractivity contribution in [3.63, 3.8) is 0 Å². The summed E-state index contributed by atoms with van der Waals surface area (Å²) in [5, 5.41) is 9.52. The summed E-state index contributed by atoms with van der Waals surface area (Å²) < 4.78 is 21.7. The first kappa shape index (κ1) is 18.3. The maximum Gasteiger partial charge on any atom is 0.123 e. The van der Waals surface area contributed by atoms with Crippen LogP contribution >= 0.6 is 0 Å². The molecule has 154 valence electrons. The maximum absolute atomic E-state index is 13.8. The van der Waals surface area contributed by atoms with E-state index in [1.807, 2.05) is 30.7 Å². The minimum absolute atomic E-state index is 0.237. The lowest BCUT2D eigenvalue weighted by Gasteiger charge is -2.25. The van der Waals surface area contributed by atoms with Crippen molar-refractivity contribution >= 4 is 21.8 Å². The van der Waals surface area contributed by atoms with Gasteiger partial charge in [0.1, 0.15) is 5.82 Å². The van der Waals surface area contributed by atoms with Crippen LogP contribution in [0, 0.1) is 5.82 Å². The summed E-state index contributed by atoms with van der Waals surface area (Å²) in [7, 11) is 0. The Hall–Kier alpha value is -3.51. The monoisotopic (exact) mass is 412 g/mol. The van der Waals surface area contributed by atoms with Crippen molar-refractivity contribution in [3.05, 3.63) is 78.6 Å². The first-order chi connectivity index (χ1) is 15.3. The molecule has 0 spiro atoms. The third kappa shape index (κ3) is 3.02. The summed E-state index contributed by atoms with van der Waals surface area (Å²) in [6.07, 6.45) is 7.42. The molecule has 5 nitrogen and oxygen atoms in total. The predicted octanol–water partition coefficient (Wildman–Crippen LogP) is 5.60. The largest absolute Gasteiger partial charge is 0.381 e. The molecule has 4 heterocycles. The van der Waals surface area contributed by atoms with Crippen LogP contribution in [0.15, 0.2) is 67.1 Å². The first-order valence-electron chi connectivity index (χ1n) is 10.5. The standard InChI is InChI=1S/C25H21FN4O/c26-19-1-3-20(4-2-19)30-23-13-18-15-28-29-22(18)14-21(23)24(16-5-9-27-10-6-16)25(30)17-7-11-31-12-8-17/h1-6,9-10,13-15,17H,7-8,11-12H2,(H,28,29). The van der Waals surface area contributed by atoms with E-state index in [1.54, 1.807) is 0 Å². The number of aromatic amines is 1. The van der Waals surface area contributed by atoms with Gasteiger partial charge in [0.25, 0.3) is 0 Å². The molecule has 0 saturated carbocycles. The minimum Gasteiger partial charge on any atom is -0.381 e. The van der Waals surface area contributed by atoms with Crippen LogP contribution < -0.4 is 0 Å². The normalized spacial score (nSPS) is 15.1. The van der Waals surface area contributed by atoms with Crippen molar-refractivity contribution < 1.29 is 9.13 Å². The van der Waals surface area contributed by atoms with E-state index >= 15 is 0 Å². The number of H-pyrrole nitrogens is 1. The lowest BCUT2D eigenvalue weighted by atomic mass is 9.90. The minimum atomic E-state index is -0.237. The molecular formula is C25H21FN4O. The summed E-state index contributed by atoms with van der Waals surface area (Å²) in [4.78, 5) is 4.22. The molecule has 0 aliphatic carbocycles. The van der Waals surface area contributed by atoms with Gasteiger partial charge < -0.3 is 9.30 Å². The van der Waals surface area contributed by atoms with Crippen LogP contribution in [0.4, 0.5) is 4.39 Å². The van der Waals surface area contributed by atoms with E-state index in [2.05, 4.69) is 44.0 Å². The number of pyridine rings is 1. The highest BCUT2D eigenvalue weighted by atomic mass is 19.1. The fourth-order valence-electron chi connectivity index (χ4n) is 4.79. The summed E-state index contributed by atoms with van der Waals surface area (Å²) in [6, 6.07) is 15.2. The van der Waals surface area contributed by atoms with Gasteiger partial charge in [0, 0.05) is 59.2 Å². The topological polar surface area (TPSA) is 55.7 Å². The zero-order chi connectivity index (χ0) is 20.8. The summed E-state index contributed by atoms with van der Waals surface area (Å²) in [6.45, 7) is 1.49. The van der Waals surface area contributed by atoms with Crippen LogP contribution in [0.25, 0.3) is 38.6 Å². The lowest BCUT2D eigenvalue weighted by Crippen LogP contribution is -2.17. The summed E-state index contributed by atoms with van der Waals surface area (Å²) in [5.74, 6) is 0.102. The molecule has 1 aliphatic rings. The quantitative estimate of drug-likeness (QED) is 0.420. The predicted molar refractivity (Wildman–Crippen MR) is 119 cm³/mol. The first-order valence-corrected chi connectivity index (χ1v) is 10.5. The molecule has 0 amide bonds. The van der Waals surface area contributed by atoms with Crippen LogP contribution in [0.1, 0.15) is 24.5 Å². The summed E-state index contributed by atoms with van der Waals surface area (Å²) in [5.41, 5.74) is 6.62. The van der Waals surface area contributed by atoms with Crippen molar-refractivity contribution in [2.75, 3.05) is 13.2 Å². The number of ether oxygens (including phenoxy) is 1. The highest BCUT2D eigenvalue weighted by Crippen LogP contribution is 2.44. The molecule has 3 aromatic heterocycles. The van der Waals surface area contributed by atoms with Gasteiger partial charge in [-0.2, -0.15) is 5.10 Å². The van der Waals surface area contributed by atoms with Crippen molar-refractivity contribution in [1.82, 2.24) is 19.7 Å². The Morgan fingerprint density at radius 2 is 1.77 bits per heavy atom. The Kier molecular flexibility index (Phi) is 4.32. The molecule has 5 aromatic rings. The molecule has 1 saturated heterocycles. The van der Waals surface area contributed by atoms with E-state index in [0.717, 1.165) is 59.1 Å². The number of rotatable bonds is 3. The highest BCUT2D eigenvalue weighted by Gasteiger charge is 2.28. The van der Waals surface area contributed by atoms with E-state index in [-0.39, 0.29) is 5.82 Å². The van der Waals surface area contributed by atoms with E-state index in [0.29, 0.717) is 5.92 Å². The summed E-state index contributed by atoms with van der Waals surface area (Å²) >= 11 is 0. The van der Waals surface area contributed by atoms with Gasteiger partial charge in [0.05, 0.1) is 17.2 Å². The molecule has 1 N–H and O–H groups in total. The van der Waals surface area contributed by atoms with Crippen LogP contribution in [0.2, 0.25) is 0 Å². The molecule has 1 fully saturated rings. The van der Waals surface area contributed by atoms with Gasteiger partial charge in [0.2, 0.25) is 0 Å². The lowest BCUT2D eigenvalue weighted by molar-refractivity contribution is 0.0844. The van der Waals surface area contributed by atoms with Gasteiger partial charge in [-0.05, 0) is 66.9 Å². The third-order valence-corrected chi connectivity index (χ3v) is 6.23. The maximum atomic E-state index is 13.8. The van der Waals surface area contributed by atoms with Crippen molar-refractivity contribution in [2.45, 2.75) is 18.8 Å². The van der Waals surface area contributed by atoms with Crippen LogP contribution in [-0.4, -0.2) is 33.0 Å². The van der Waals surface area contributed by atoms with E-state index in [9.17, 15) is 4.39 Å². The molecule has 0 atom stereocenters. The molecule has 6 rings (SSSR count). The Bertz CT molecular complexity index is 1370. The zero-order valence-corrected chi connectivity index (χ0v) is 16.9. The van der Waals surface area contributed by atoms with E-state index in [4.69, 9.17) is 4.74 Å². The Morgan fingerprint density at radius 3 is 2.55 bits per heavy atom. The average molecular weight is 412 g/mol. The zero-order valence-electron chi connectivity index (χ0n) is 16.9. The van der Waals surface area contributed by atoms with E-state index < -0.39 is 0 Å². The van der Waals surface area contributed by atoms with Crippen molar-refractivity contribution in [3.8, 4) is 16.8 Å². The second kappa shape index (κ2) is 7.32. The highest BCUT2D eigenvalue weighted by molar-refractivity contribution is 6.05. The number of aromatic nitrogens is 4. The Labute approximate surface area is 178 Å². The van der Waals surface area contributed by atoms with E-state index in [1.165, 1.54) is 23.4 Å².